The second kappa shape index (κ2) is 6.53. The third-order valence-corrected chi connectivity index (χ3v) is 4.23. The Morgan fingerprint density at radius 3 is 2.12 bits per heavy atom. The molecule has 0 spiro atoms. The highest BCUT2D eigenvalue weighted by molar-refractivity contribution is 6.53. The van der Waals surface area contributed by atoms with Crippen LogP contribution in [0.2, 0.25) is 0 Å². The summed E-state index contributed by atoms with van der Waals surface area (Å²) in [5.41, 5.74) is 2.61. The van der Waals surface area contributed by atoms with Gasteiger partial charge in [0.05, 0.1) is 5.69 Å². The van der Waals surface area contributed by atoms with Crippen LogP contribution in [0.3, 0.4) is 0 Å². The molecule has 0 aromatic heterocycles. The fourth-order valence-corrected chi connectivity index (χ4v) is 2.68. The van der Waals surface area contributed by atoms with Crippen molar-refractivity contribution in [1.82, 2.24) is 0 Å². The first kappa shape index (κ1) is 16.9. The lowest BCUT2D eigenvalue weighted by molar-refractivity contribution is -0.120. The SMILES string of the molecule is CC(=O)c1ccc(NC2=C(Cl)C(=O)N(c3ccc(C)cc3)C2=O)cc1. The van der Waals surface area contributed by atoms with Crippen molar-refractivity contribution in [2.75, 3.05) is 10.2 Å². The van der Waals surface area contributed by atoms with Crippen LogP contribution in [0, 0.1) is 6.92 Å². The molecular weight excluding hydrogens is 340 g/mol. The molecule has 0 bridgehead atoms. The van der Waals surface area contributed by atoms with E-state index in [1.807, 2.05) is 19.1 Å². The number of nitrogens with one attached hydrogen (secondary N) is 1. The van der Waals surface area contributed by atoms with Crippen molar-refractivity contribution < 1.29 is 14.4 Å². The van der Waals surface area contributed by atoms with Crippen LogP contribution in [-0.4, -0.2) is 17.6 Å². The van der Waals surface area contributed by atoms with E-state index in [0.717, 1.165) is 10.5 Å². The highest BCUT2D eigenvalue weighted by atomic mass is 35.5. The Morgan fingerprint density at radius 1 is 0.960 bits per heavy atom. The normalized spacial score (nSPS) is 14.3. The summed E-state index contributed by atoms with van der Waals surface area (Å²) >= 11 is 6.08. The van der Waals surface area contributed by atoms with E-state index in [2.05, 4.69) is 5.32 Å². The second-order valence-electron chi connectivity index (χ2n) is 5.73. The van der Waals surface area contributed by atoms with E-state index in [4.69, 9.17) is 11.6 Å². The smallest absolute Gasteiger partial charge is 0.283 e. The van der Waals surface area contributed by atoms with Gasteiger partial charge in [-0.15, -0.1) is 0 Å². The molecule has 0 radical (unpaired) electrons. The Balaban J connectivity index is 1.86. The van der Waals surface area contributed by atoms with Crippen molar-refractivity contribution in [2.45, 2.75) is 13.8 Å². The highest BCUT2D eigenvalue weighted by Crippen LogP contribution is 2.30. The van der Waals surface area contributed by atoms with Crippen LogP contribution in [0.25, 0.3) is 0 Å². The Kier molecular flexibility index (Phi) is 4.42. The Hall–Kier alpha value is -2.92. The van der Waals surface area contributed by atoms with Gasteiger partial charge in [0.15, 0.2) is 5.78 Å². The van der Waals surface area contributed by atoms with Crippen LogP contribution >= 0.6 is 11.6 Å². The summed E-state index contributed by atoms with van der Waals surface area (Å²) in [6.07, 6.45) is 0. The van der Waals surface area contributed by atoms with E-state index < -0.39 is 11.8 Å². The van der Waals surface area contributed by atoms with E-state index in [1.165, 1.54) is 6.92 Å². The zero-order valence-electron chi connectivity index (χ0n) is 13.7. The Bertz CT molecular complexity index is 899. The number of imide groups is 1. The topological polar surface area (TPSA) is 66.5 Å². The summed E-state index contributed by atoms with van der Waals surface area (Å²) < 4.78 is 0. The molecule has 25 heavy (non-hydrogen) atoms. The van der Waals surface area contributed by atoms with Crippen LogP contribution in [0.15, 0.2) is 59.3 Å². The van der Waals surface area contributed by atoms with Gasteiger partial charge in [-0.2, -0.15) is 0 Å². The van der Waals surface area contributed by atoms with Crippen molar-refractivity contribution in [2.24, 2.45) is 0 Å². The van der Waals surface area contributed by atoms with E-state index in [9.17, 15) is 14.4 Å². The maximum absolute atomic E-state index is 12.6. The van der Waals surface area contributed by atoms with Gasteiger partial charge in [-0.1, -0.05) is 29.3 Å². The van der Waals surface area contributed by atoms with E-state index in [0.29, 0.717) is 16.9 Å². The van der Waals surface area contributed by atoms with Crippen molar-refractivity contribution in [3.8, 4) is 0 Å². The number of carbonyl (C=O) groups is 3. The first-order valence-electron chi connectivity index (χ1n) is 7.61. The number of benzene rings is 2. The van der Waals surface area contributed by atoms with E-state index in [1.54, 1.807) is 36.4 Å². The third-order valence-electron chi connectivity index (χ3n) is 3.88. The predicted octanol–water partition coefficient (Wildman–Crippen LogP) is 3.63. The summed E-state index contributed by atoms with van der Waals surface area (Å²) in [7, 11) is 0. The average Bonchev–Trinajstić information content (AvgIpc) is 2.80. The van der Waals surface area contributed by atoms with Gasteiger partial charge in [-0.3, -0.25) is 14.4 Å². The van der Waals surface area contributed by atoms with Crippen molar-refractivity contribution in [3.63, 3.8) is 0 Å². The fraction of sp³-hybridized carbons (Fsp3) is 0.105. The Morgan fingerprint density at radius 2 is 1.56 bits per heavy atom. The fourth-order valence-electron chi connectivity index (χ4n) is 2.47. The van der Waals surface area contributed by atoms with Gasteiger partial charge >= 0.3 is 0 Å². The number of carbonyl (C=O) groups excluding carboxylic acids is 3. The predicted molar refractivity (Wildman–Crippen MR) is 96.6 cm³/mol. The van der Waals surface area contributed by atoms with Crippen molar-refractivity contribution in [3.05, 3.63) is 70.4 Å². The molecule has 5 nitrogen and oxygen atoms in total. The summed E-state index contributed by atoms with van der Waals surface area (Å²) in [6, 6.07) is 13.6. The monoisotopic (exact) mass is 354 g/mol. The van der Waals surface area contributed by atoms with Crippen LogP contribution in [0.5, 0.6) is 0 Å². The minimum atomic E-state index is -0.571. The van der Waals surface area contributed by atoms with Gasteiger partial charge < -0.3 is 5.32 Å². The molecule has 0 aliphatic carbocycles. The molecule has 1 aliphatic rings. The van der Waals surface area contributed by atoms with Crippen molar-refractivity contribution >= 4 is 40.6 Å². The summed E-state index contributed by atoms with van der Waals surface area (Å²) in [6.45, 7) is 3.39. The molecule has 1 N–H and O–H groups in total. The molecule has 3 rings (SSSR count). The molecule has 2 aromatic rings. The maximum atomic E-state index is 12.6. The van der Waals surface area contributed by atoms with Gasteiger partial charge in [0.1, 0.15) is 10.7 Å². The van der Waals surface area contributed by atoms with Crippen molar-refractivity contribution in [1.29, 1.82) is 0 Å². The minimum absolute atomic E-state index is 0.0165. The Labute approximate surface area is 149 Å². The number of Topliss-reactive ketones (excluding diaryl/α,β-unsaturated/α-hetero) is 1. The molecule has 0 atom stereocenters. The molecular formula is C19H15ClN2O3. The average molecular weight is 355 g/mol. The molecule has 2 amide bonds. The maximum Gasteiger partial charge on any atom is 0.283 e. The number of halogens is 1. The van der Waals surface area contributed by atoms with Crippen LogP contribution < -0.4 is 10.2 Å². The second-order valence-corrected chi connectivity index (χ2v) is 6.11. The van der Waals surface area contributed by atoms with Gasteiger partial charge in [-0.25, -0.2) is 4.90 Å². The van der Waals surface area contributed by atoms with Gasteiger partial charge in [0, 0.05) is 11.3 Å². The third kappa shape index (κ3) is 3.19. The minimum Gasteiger partial charge on any atom is -0.350 e. The summed E-state index contributed by atoms with van der Waals surface area (Å²) in [5, 5.41) is 2.71. The molecule has 1 heterocycles. The molecule has 2 aromatic carbocycles. The highest BCUT2D eigenvalue weighted by Gasteiger charge is 2.38. The van der Waals surface area contributed by atoms with Gasteiger partial charge in [0.2, 0.25) is 0 Å². The quantitative estimate of drug-likeness (QED) is 0.672. The summed E-state index contributed by atoms with van der Waals surface area (Å²) in [5.74, 6) is -1.14. The number of ketones is 1. The number of nitrogens with zero attached hydrogens (tertiary/aromatic N) is 1. The molecule has 1 aliphatic heterocycles. The lowest BCUT2D eigenvalue weighted by Gasteiger charge is -2.15. The largest absolute Gasteiger partial charge is 0.350 e. The van der Waals surface area contributed by atoms with E-state index >= 15 is 0 Å². The summed E-state index contributed by atoms with van der Waals surface area (Å²) in [4.78, 5) is 37.4. The first-order chi connectivity index (χ1) is 11.9. The number of rotatable bonds is 4. The zero-order chi connectivity index (χ0) is 18.1. The number of hydrogen-bond donors (Lipinski definition) is 1. The number of amides is 2. The molecule has 126 valence electrons. The molecule has 6 heteroatoms. The lowest BCUT2D eigenvalue weighted by Crippen LogP contribution is -2.32. The molecule has 0 saturated heterocycles. The lowest BCUT2D eigenvalue weighted by atomic mass is 10.1. The molecule has 0 unspecified atom stereocenters. The standard InChI is InChI=1S/C19H15ClN2O3/c1-11-3-9-15(10-4-11)22-18(24)16(20)17(19(22)25)21-14-7-5-13(6-8-14)12(2)23/h3-10,21H,1-2H3. The van der Waals surface area contributed by atoms with E-state index in [-0.39, 0.29) is 16.5 Å². The first-order valence-corrected chi connectivity index (χ1v) is 7.99. The zero-order valence-corrected chi connectivity index (χ0v) is 14.4. The molecule has 0 fully saturated rings. The van der Waals surface area contributed by atoms with Gasteiger partial charge in [0.25, 0.3) is 11.8 Å². The molecule has 0 saturated carbocycles. The van der Waals surface area contributed by atoms with Gasteiger partial charge in [-0.05, 0) is 50.2 Å². The number of aryl methyl sites for hydroxylation is 1. The van der Waals surface area contributed by atoms with Crippen LogP contribution in [-0.2, 0) is 9.59 Å². The van der Waals surface area contributed by atoms with Crippen LogP contribution in [0.4, 0.5) is 11.4 Å². The number of hydrogen-bond acceptors (Lipinski definition) is 4. The van der Waals surface area contributed by atoms with Crippen LogP contribution in [0.1, 0.15) is 22.8 Å². The number of anilines is 2.